The number of aromatic nitrogens is 1. The number of nitrogens with zero attached hydrogens (tertiary/aromatic N) is 1. The lowest BCUT2D eigenvalue weighted by molar-refractivity contribution is 0.0940. The Hall–Kier alpha value is -3.17. The summed E-state index contributed by atoms with van der Waals surface area (Å²) >= 11 is 6.41. The van der Waals surface area contributed by atoms with Crippen molar-refractivity contribution in [1.29, 1.82) is 0 Å². The van der Waals surface area contributed by atoms with Gasteiger partial charge in [0.25, 0.3) is 5.91 Å². The smallest absolute Gasteiger partial charge is 0.253 e. The summed E-state index contributed by atoms with van der Waals surface area (Å²) in [6.07, 6.45) is 3.46. The standard InChI is InChI=1S/C24H19ClN2O/c1-16(19-7-6-17-4-2-3-5-20(17)14-19)27-24(28)22-9-8-21(15-23(22)25)18-10-12-26-13-11-18/h2-16H,1H3,(H,27,28)/t16-/m1/s1. The first-order valence-corrected chi connectivity index (χ1v) is 9.49. The van der Waals surface area contributed by atoms with Crippen molar-refractivity contribution in [1.82, 2.24) is 10.3 Å². The molecule has 1 aromatic heterocycles. The van der Waals surface area contributed by atoms with Gasteiger partial charge in [0.1, 0.15) is 0 Å². The van der Waals surface area contributed by atoms with Crippen LogP contribution < -0.4 is 5.32 Å². The quantitative estimate of drug-likeness (QED) is 0.464. The van der Waals surface area contributed by atoms with Crippen molar-refractivity contribution in [3.63, 3.8) is 0 Å². The van der Waals surface area contributed by atoms with E-state index in [1.165, 1.54) is 5.39 Å². The van der Waals surface area contributed by atoms with E-state index in [1.54, 1.807) is 18.5 Å². The number of rotatable bonds is 4. The van der Waals surface area contributed by atoms with Crippen LogP contribution in [-0.2, 0) is 0 Å². The van der Waals surface area contributed by atoms with Crippen LogP contribution in [0.1, 0.15) is 28.9 Å². The average Bonchev–Trinajstić information content (AvgIpc) is 2.73. The van der Waals surface area contributed by atoms with Gasteiger partial charge in [0, 0.05) is 12.4 Å². The summed E-state index contributed by atoms with van der Waals surface area (Å²) in [6, 6.07) is 23.6. The fourth-order valence-electron chi connectivity index (χ4n) is 3.26. The number of nitrogens with one attached hydrogen (secondary N) is 1. The summed E-state index contributed by atoms with van der Waals surface area (Å²) in [5.74, 6) is -0.188. The van der Waals surface area contributed by atoms with Crippen LogP contribution in [0.2, 0.25) is 5.02 Å². The van der Waals surface area contributed by atoms with Crippen LogP contribution in [0.15, 0.2) is 85.2 Å². The van der Waals surface area contributed by atoms with E-state index in [-0.39, 0.29) is 11.9 Å². The number of hydrogen-bond donors (Lipinski definition) is 1. The molecule has 0 saturated heterocycles. The molecule has 4 aromatic rings. The highest BCUT2D eigenvalue weighted by Gasteiger charge is 2.15. The van der Waals surface area contributed by atoms with Crippen molar-refractivity contribution < 1.29 is 4.79 Å². The van der Waals surface area contributed by atoms with Crippen LogP contribution in [0, 0.1) is 0 Å². The van der Waals surface area contributed by atoms with Gasteiger partial charge in [-0.15, -0.1) is 0 Å². The Morgan fingerprint density at radius 2 is 1.64 bits per heavy atom. The van der Waals surface area contributed by atoms with Crippen LogP contribution in [0.5, 0.6) is 0 Å². The molecule has 3 aromatic carbocycles. The van der Waals surface area contributed by atoms with E-state index in [0.717, 1.165) is 22.1 Å². The summed E-state index contributed by atoms with van der Waals surface area (Å²) in [5.41, 5.74) is 3.48. The van der Waals surface area contributed by atoms with Gasteiger partial charge in [0.05, 0.1) is 16.6 Å². The van der Waals surface area contributed by atoms with Gasteiger partial charge in [-0.05, 0) is 64.7 Å². The zero-order valence-corrected chi connectivity index (χ0v) is 16.1. The van der Waals surface area contributed by atoms with E-state index in [1.807, 2.05) is 49.4 Å². The first kappa shape index (κ1) is 18.2. The molecule has 0 aliphatic carbocycles. The molecule has 138 valence electrons. The molecular weight excluding hydrogens is 368 g/mol. The number of carbonyl (C=O) groups is 1. The first-order valence-electron chi connectivity index (χ1n) is 9.11. The zero-order chi connectivity index (χ0) is 19.5. The highest BCUT2D eigenvalue weighted by atomic mass is 35.5. The topological polar surface area (TPSA) is 42.0 Å². The molecule has 1 N–H and O–H groups in total. The van der Waals surface area contributed by atoms with E-state index < -0.39 is 0 Å². The monoisotopic (exact) mass is 386 g/mol. The maximum atomic E-state index is 12.8. The fraction of sp³-hybridized carbons (Fsp3) is 0.0833. The molecule has 4 heteroatoms. The van der Waals surface area contributed by atoms with Crippen molar-refractivity contribution in [2.45, 2.75) is 13.0 Å². The van der Waals surface area contributed by atoms with Gasteiger partial charge in [-0.2, -0.15) is 0 Å². The van der Waals surface area contributed by atoms with E-state index in [9.17, 15) is 4.79 Å². The Morgan fingerprint density at radius 3 is 2.39 bits per heavy atom. The minimum Gasteiger partial charge on any atom is -0.345 e. The summed E-state index contributed by atoms with van der Waals surface area (Å²) < 4.78 is 0. The summed E-state index contributed by atoms with van der Waals surface area (Å²) in [6.45, 7) is 1.97. The predicted molar refractivity (Wildman–Crippen MR) is 115 cm³/mol. The molecule has 0 bridgehead atoms. The summed E-state index contributed by atoms with van der Waals surface area (Å²) in [7, 11) is 0. The normalized spacial score (nSPS) is 11.9. The molecule has 0 aliphatic heterocycles. The van der Waals surface area contributed by atoms with Crippen molar-refractivity contribution in [2.24, 2.45) is 0 Å². The van der Waals surface area contributed by atoms with Gasteiger partial charge in [-0.3, -0.25) is 9.78 Å². The highest BCUT2D eigenvalue weighted by molar-refractivity contribution is 6.34. The number of hydrogen-bond acceptors (Lipinski definition) is 2. The average molecular weight is 387 g/mol. The second kappa shape index (κ2) is 7.83. The van der Waals surface area contributed by atoms with Crippen LogP contribution in [0.3, 0.4) is 0 Å². The van der Waals surface area contributed by atoms with E-state index in [0.29, 0.717) is 10.6 Å². The maximum Gasteiger partial charge on any atom is 0.253 e. The molecule has 0 saturated carbocycles. The molecule has 0 unspecified atom stereocenters. The number of halogens is 1. The number of benzene rings is 3. The van der Waals surface area contributed by atoms with Crippen LogP contribution in [-0.4, -0.2) is 10.9 Å². The fourth-order valence-corrected chi connectivity index (χ4v) is 3.52. The van der Waals surface area contributed by atoms with E-state index in [4.69, 9.17) is 11.6 Å². The third-order valence-electron chi connectivity index (χ3n) is 4.85. The van der Waals surface area contributed by atoms with Crippen molar-refractivity contribution >= 4 is 28.3 Å². The van der Waals surface area contributed by atoms with Gasteiger partial charge in [-0.25, -0.2) is 0 Å². The first-order chi connectivity index (χ1) is 13.6. The largest absolute Gasteiger partial charge is 0.345 e. The Bertz CT molecular complexity index is 1140. The van der Waals surface area contributed by atoms with Gasteiger partial charge in [0.2, 0.25) is 0 Å². The van der Waals surface area contributed by atoms with Gasteiger partial charge >= 0.3 is 0 Å². The Balaban J connectivity index is 1.54. The second-order valence-electron chi connectivity index (χ2n) is 6.73. The molecule has 0 aliphatic rings. The molecule has 1 amide bonds. The molecular formula is C24H19ClN2O. The van der Waals surface area contributed by atoms with Crippen molar-refractivity contribution in [3.8, 4) is 11.1 Å². The zero-order valence-electron chi connectivity index (χ0n) is 15.4. The SMILES string of the molecule is C[C@@H](NC(=O)c1ccc(-c2ccncc2)cc1Cl)c1ccc2ccccc2c1. The van der Waals surface area contributed by atoms with Crippen LogP contribution >= 0.6 is 11.6 Å². The molecule has 1 atom stereocenters. The van der Waals surface area contributed by atoms with Crippen LogP contribution in [0.25, 0.3) is 21.9 Å². The lowest BCUT2D eigenvalue weighted by atomic mass is 10.0. The molecule has 0 radical (unpaired) electrons. The van der Waals surface area contributed by atoms with Crippen LogP contribution in [0.4, 0.5) is 0 Å². The molecule has 0 fully saturated rings. The molecule has 28 heavy (non-hydrogen) atoms. The van der Waals surface area contributed by atoms with Gasteiger partial charge in [-0.1, -0.05) is 54.1 Å². The number of amides is 1. The van der Waals surface area contributed by atoms with Crippen molar-refractivity contribution in [2.75, 3.05) is 0 Å². The molecule has 1 heterocycles. The maximum absolute atomic E-state index is 12.8. The molecule has 4 rings (SSSR count). The third kappa shape index (κ3) is 3.75. The Morgan fingerprint density at radius 1 is 0.893 bits per heavy atom. The lowest BCUT2D eigenvalue weighted by Gasteiger charge is -2.16. The lowest BCUT2D eigenvalue weighted by Crippen LogP contribution is -2.26. The minimum absolute atomic E-state index is 0.131. The summed E-state index contributed by atoms with van der Waals surface area (Å²) in [4.78, 5) is 16.8. The van der Waals surface area contributed by atoms with Gasteiger partial charge in [0.15, 0.2) is 0 Å². The third-order valence-corrected chi connectivity index (χ3v) is 5.16. The number of carbonyl (C=O) groups excluding carboxylic acids is 1. The second-order valence-corrected chi connectivity index (χ2v) is 7.14. The van der Waals surface area contributed by atoms with E-state index >= 15 is 0 Å². The minimum atomic E-state index is -0.188. The Labute approximate surface area is 169 Å². The number of pyridine rings is 1. The van der Waals surface area contributed by atoms with Gasteiger partial charge < -0.3 is 5.32 Å². The Kier molecular flexibility index (Phi) is 5.09. The predicted octanol–water partition coefficient (Wildman–Crippen LogP) is 6.05. The molecule has 3 nitrogen and oxygen atoms in total. The van der Waals surface area contributed by atoms with E-state index in [2.05, 4.69) is 34.6 Å². The molecule has 0 spiro atoms. The highest BCUT2D eigenvalue weighted by Crippen LogP contribution is 2.26. The number of fused-ring (bicyclic) bond motifs is 1. The summed E-state index contributed by atoms with van der Waals surface area (Å²) in [5, 5.41) is 5.81. The van der Waals surface area contributed by atoms with Crippen molar-refractivity contribution in [3.05, 3.63) is 101 Å².